The number of benzene rings is 2. The van der Waals surface area contributed by atoms with Gasteiger partial charge < -0.3 is 10.6 Å². The highest BCUT2D eigenvalue weighted by atomic mass is 32.2. The first kappa shape index (κ1) is 21.0. The number of amides is 1. The molecular weight excluding hydrogens is 404 g/mol. The SMILES string of the molecule is CC(=O)c1cccc(NC(=O)[C@@H](C)Sc2nnc(Nc3c(C)cccc3C)s2)c1. The monoisotopic (exact) mass is 426 g/mol. The van der Waals surface area contributed by atoms with Crippen molar-refractivity contribution in [2.45, 2.75) is 37.3 Å². The topological polar surface area (TPSA) is 84.0 Å². The van der Waals surface area contributed by atoms with Crippen LogP contribution in [0, 0.1) is 13.8 Å². The van der Waals surface area contributed by atoms with E-state index in [1.54, 1.807) is 24.3 Å². The molecule has 2 aromatic carbocycles. The van der Waals surface area contributed by atoms with E-state index in [2.05, 4.69) is 20.8 Å². The second-order valence-corrected chi connectivity index (χ2v) is 9.22. The first-order valence-electron chi connectivity index (χ1n) is 9.08. The third-order valence-corrected chi connectivity index (χ3v) is 6.33. The number of nitrogens with zero attached hydrogens (tertiary/aromatic N) is 2. The number of thioether (sulfide) groups is 1. The highest BCUT2D eigenvalue weighted by molar-refractivity contribution is 8.02. The summed E-state index contributed by atoms with van der Waals surface area (Å²) in [5.74, 6) is -0.198. The van der Waals surface area contributed by atoms with Crippen molar-refractivity contribution < 1.29 is 9.59 Å². The van der Waals surface area contributed by atoms with Crippen molar-refractivity contribution in [3.05, 3.63) is 59.2 Å². The van der Waals surface area contributed by atoms with Crippen LogP contribution in [0.3, 0.4) is 0 Å². The Labute approximate surface area is 178 Å². The van der Waals surface area contributed by atoms with Crippen molar-refractivity contribution >= 4 is 51.3 Å². The van der Waals surface area contributed by atoms with Gasteiger partial charge in [0.1, 0.15) is 0 Å². The summed E-state index contributed by atoms with van der Waals surface area (Å²) in [5.41, 5.74) is 4.46. The fourth-order valence-electron chi connectivity index (χ4n) is 2.69. The third-order valence-electron chi connectivity index (χ3n) is 4.30. The first-order chi connectivity index (χ1) is 13.8. The molecule has 1 heterocycles. The molecular formula is C21H22N4O2S2. The number of aromatic nitrogens is 2. The number of carbonyl (C=O) groups excluding carboxylic acids is 2. The molecule has 1 atom stereocenters. The van der Waals surface area contributed by atoms with Gasteiger partial charge in [-0.2, -0.15) is 0 Å². The fourth-order valence-corrected chi connectivity index (χ4v) is 4.59. The lowest BCUT2D eigenvalue weighted by Crippen LogP contribution is -2.22. The molecule has 8 heteroatoms. The Morgan fingerprint density at radius 2 is 1.76 bits per heavy atom. The molecule has 0 aliphatic heterocycles. The molecule has 6 nitrogen and oxygen atoms in total. The number of carbonyl (C=O) groups is 2. The first-order valence-corrected chi connectivity index (χ1v) is 10.8. The molecule has 0 saturated heterocycles. The number of hydrogen-bond acceptors (Lipinski definition) is 7. The Morgan fingerprint density at radius 1 is 1.07 bits per heavy atom. The van der Waals surface area contributed by atoms with Crippen molar-refractivity contribution in [2.75, 3.05) is 10.6 Å². The number of Topliss-reactive ketones (excluding diaryl/α,β-unsaturated/α-hetero) is 1. The summed E-state index contributed by atoms with van der Waals surface area (Å²) in [5, 5.41) is 14.9. The minimum Gasteiger partial charge on any atom is -0.330 e. The molecule has 0 bridgehead atoms. The van der Waals surface area contributed by atoms with Crippen LogP contribution in [0.2, 0.25) is 0 Å². The fraction of sp³-hybridized carbons (Fsp3) is 0.238. The van der Waals surface area contributed by atoms with Gasteiger partial charge in [-0.05, 0) is 51.0 Å². The van der Waals surface area contributed by atoms with Gasteiger partial charge in [0.2, 0.25) is 11.0 Å². The summed E-state index contributed by atoms with van der Waals surface area (Å²) in [6.07, 6.45) is 0. The van der Waals surface area contributed by atoms with Crippen molar-refractivity contribution in [1.29, 1.82) is 0 Å². The summed E-state index contributed by atoms with van der Waals surface area (Å²) in [4.78, 5) is 24.0. The Morgan fingerprint density at radius 3 is 2.45 bits per heavy atom. The average Bonchev–Trinajstić information content (AvgIpc) is 3.12. The zero-order chi connectivity index (χ0) is 21.0. The Bertz CT molecular complexity index is 1030. The molecule has 0 unspecified atom stereocenters. The van der Waals surface area contributed by atoms with Crippen LogP contribution >= 0.6 is 23.1 Å². The van der Waals surface area contributed by atoms with Crippen LogP contribution in [-0.4, -0.2) is 27.1 Å². The average molecular weight is 427 g/mol. The molecule has 0 aliphatic carbocycles. The largest absolute Gasteiger partial charge is 0.330 e. The number of anilines is 3. The lowest BCUT2D eigenvalue weighted by Gasteiger charge is -2.11. The maximum atomic E-state index is 12.5. The molecule has 0 fully saturated rings. The molecule has 3 aromatic rings. The second-order valence-electron chi connectivity index (χ2n) is 6.65. The minimum atomic E-state index is -0.364. The number of hydrogen-bond donors (Lipinski definition) is 2. The molecule has 150 valence electrons. The zero-order valence-corrected chi connectivity index (χ0v) is 18.3. The Hall–Kier alpha value is -2.71. The quantitative estimate of drug-likeness (QED) is 0.398. The van der Waals surface area contributed by atoms with Crippen LogP contribution < -0.4 is 10.6 Å². The van der Waals surface area contributed by atoms with Gasteiger partial charge in [0, 0.05) is 16.9 Å². The molecule has 0 radical (unpaired) electrons. The lowest BCUT2D eigenvalue weighted by atomic mass is 10.1. The number of ketones is 1. The molecule has 1 aromatic heterocycles. The minimum absolute atomic E-state index is 0.0405. The number of nitrogens with one attached hydrogen (secondary N) is 2. The van der Waals surface area contributed by atoms with Gasteiger partial charge in [-0.25, -0.2) is 0 Å². The molecule has 3 rings (SSSR count). The van der Waals surface area contributed by atoms with Gasteiger partial charge in [-0.1, -0.05) is 53.4 Å². The summed E-state index contributed by atoms with van der Waals surface area (Å²) in [6.45, 7) is 7.40. The van der Waals surface area contributed by atoms with E-state index in [9.17, 15) is 9.59 Å². The van der Waals surface area contributed by atoms with Gasteiger partial charge in [0.15, 0.2) is 10.1 Å². The van der Waals surface area contributed by atoms with Crippen LogP contribution in [0.25, 0.3) is 0 Å². The van der Waals surface area contributed by atoms with E-state index in [-0.39, 0.29) is 16.9 Å². The lowest BCUT2D eigenvalue weighted by molar-refractivity contribution is -0.115. The highest BCUT2D eigenvalue weighted by Crippen LogP contribution is 2.32. The molecule has 0 spiro atoms. The van der Waals surface area contributed by atoms with Crippen molar-refractivity contribution in [2.24, 2.45) is 0 Å². The summed E-state index contributed by atoms with van der Waals surface area (Å²) in [7, 11) is 0. The summed E-state index contributed by atoms with van der Waals surface area (Å²) >= 11 is 2.76. The zero-order valence-electron chi connectivity index (χ0n) is 16.6. The van der Waals surface area contributed by atoms with Gasteiger partial charge in [-0.3, -0.25) is 9.59 Å². The third kappa shape index (κ3) is 5.42. The summed E-state index contributed by atoms with van der Waals surface area (Å²) < 4.78 is 0.707. The van der Waals surface area contributed by atoms with E-state index in [0.29, 0.717) is 20.7 Å². The smallest absolute Gasteiger partial charge is 0.237 e. The standard InChI is InChI=1S/C21H22N4O2S2/c1-12-7-5-8-13(2)18(12)23-20-24-25-21(29-20)28-15(4)19(27)22-17-10-6-9-16(11-17)14(3)26/h5-11,15H,1-4H3,(H,22,27)(H,23,24)/t15-/m1/s1. The van der Waals surface area contributed by atoms with Gasteiger partial charge in [0.05, 0.1) is 5.25 Å². The maximum Gasteiger partial charge on any atom is 0.237 e. The normalized spacial score (nSPS) is 11.7. The van der Waals surface area contributed by atoms with Gasteiger partial charge in [-0.15, -0.1) is 10.2 Å². The van der Waals surface area contributed by atoms with Crippen LogP contribution in [0.1, 0.15) is 35.3 Å². The van der Waals surface area contributed by atoms with Crippen molar-refractivity contribution in [3.63, 3.8) is 0 Å². The maximum absolute atomic E-state index is 12.5. The predicted molar refractivity (Wildman–Crippen MR) is 120 cm³/mol. The Kier molecular flexibility index (Phi) is 6.66. The van der Waals surface area contributed by atoms with Crippen LogP contribution in [0.4, 0.5) is 16.5 Å². The predicted octanol–water partition coefficient (Wildman–Crippen LogP) is 5.22. The van der Waals surface area contributed by atoms with Gasteiger partial charge in [0.25, 0.3) is 0 Å². The Balaban J connectivity index is 1.62. The van der Waals surface area contributed by atoms with Crippen molar-refractivity contribution in [3.8, 4) is 0 Å². The highest BCUT2D eigenvalue weighted by Gasteiger charge is 2.18. The number of rotatable bonds is 7. The van der Waals surface area contributed by atoms with Gasteiger partial charge >= 0.3 is 0 Å². The summed E-state index contributed by atoms with van der Waals surface area (Å²) in [6, 6.07) is 13.0. The molecule has 0 saturated carbocycles. The number of para-hydroxylation sites is 1. The van der Waals surface area contributed by atoms with Crippen LogP contribution in [-0.2, 0) is 4.79 Å². The van der Waals surface area contributed by atoms with E-state index < -0.39 is 0 Å². The second kappa shape index (κ2) is 9.19. The number of aryl methyl sites for hydroxylation is 2. The van der Waals surface area contributed by atoms with E-state index in [1.807, 2.05) is 39.0 Å². The van der Waals surface area contributed by atoms with E-state index >= 15 is 0 Å². The molecule has 2 N–H and O–H groups in total. The van der Waals surface area contributed by atoms with E-state index in [4.69, 9.17) is 0 Å². The molecule has 1 amide bonds. The van der Waals surface area contributed by atoms with Crippen molar-refractivity contribution in [1.82, 2.24) is 10.2 Å². The van der Waals surface area contributed by atoms with E-state index in [0.717, 1.165) is 16.8 Å². The van der Waals surface area contributed by atoms with Crippen LogP contribution in [0.15, 0.2) is 46.8 Å². The molecule has 29 heavy (non-hydrogen) atoms. The van der Waals surface area contributed by atoms with E-state index in [1.165, 1.54) is 30.0 Å². The molecule has 0 aliphatic rings. The van der Waals surface area contributed by atoms with Crippen LogP contribution in [0.5, 0.6) is 0 Å².